The predicted octanol–water partition coefficient (Wildman–Crippen LogP) is 3.78. The highest BCUT2D eigenvalue weighted by Crippen LogP contribution is 2.31. The van der Waals surface area contributed by atoms with E-state index in [-0.39, 0.29) is 6.54 Å². The van der Waals surface area contributed by atoms with Crippen LogP contribution in [-0.2, 0) is 4.74 Å². The molecule has 44 heavy (non-hydrogen) atoms. The Labute approximate surface area is 255 Å². The standard InChI is InChI=1S/C32H36FN9O2/c33-27-18-42(25-2-1-10-35-17-25)11-9-29(27)44-30-8-3-22(16-28(30)34)31-36-21-37-32(39-31)38-23-4-6-24(7-5-23)40-12-14-41(15-13-40)26-19-43-20-26/h1-8,10,16-17,21,26-27,29H,9,11-15,18-20,34H2,(H,36,37,38,39)/t27-,29+/m1/s1. The van der Waals surface area contributed by atoms with Crippen LogP contribution in [-0.4, -0.2) is 95.6 Å². The number of rotatable bonds is 8. The van der Waals surface area contributed by atoms with Crippen molar-refractivity contribution in [3.05, 3.63) is 73.3 Å². The molecule has 0 bridgehead atoms. The number of alkyl halides is 1. The van der Waals surface area contributed by atoms with Crippen LogP contribution in [0.15, 0.2) is 73.3 Å². The minimum Gasteiger partial charge on any atom is -0.485 e. The molecule has 5 heterocycles. The predicted molar refractivity (Wildman–Crippen MR) is 168 cm³/mol. The van der Waals surface area contributed by atoms with Gasteiger partial charge < -0.3 is 30.3 Å². The highest BCUT2D eigenvalue weighted by atomic mass is 19.1. The Bertz CT molecular complexity index is 1550. The molecule has 3 saturated heterocycles. The molecular weight excluding hydrogens is 561 g/mol. The Morgan fingerprint density at radius 1 is 0.932 bits per heavy atom. The number of hydrogen-bond acceptors (Lipinski definition) is 11. The monoisotopic (exact) mass is 597 g/mol. The molecule has 3 N–H and O–H groups in total. The first-order chi connectivity index (χ1) is 21.6. The molecule has 0 aliphatic carbocycles. The minimum absolute atomic E-state index is 0.241. The molecule has 228 valence electrons. The van der Waals surface area contributed by atoms with Gasteiger partial charge in [0.05, 0.1) is 43.4 Å². The van der Waals surface area contributed by atoms with Gasteiger partial charge in [0.1, 0.15) is 18.2 Å². The van der Waals surface area contributed by atoms with Crippen molar-refractivity contribution in [2.75, 3.05) is 73.3 Å². The first-order valence-electron chi connectivity index (χ1n) is 15.1. The summed E-state index contributed by atoms with van der Waals surface area (Å²) in [5, 5.41) is 3.27. The van der Waals surface area contributed by atoms with E-state index in [2.05, 4.69) is 47.2 Å². The molecule has 2 aromatic carbocycles. The van der Waals surface area contributed by atoms with Gasteiger partial charge in [-0.2, -0.15) is 4.98 Å². The maximum atomic E-state index is 15.1. The lowest BCUT2D eigenvalue weighted by Crippen LogP contribution is -2.56. The third-order valence-corrected chi connectivity index (χ3v) is 8.55. The summed E-state index contributed by atoms with van der Waals surface area (Å²) >= 11 is 0. The first kappa shape index (κ1) is 28.2. The number of halogens is 1. The number of nitrogens with one attached hydrogen (secondary N) is 1. The number of anilines is 5. The van der Waals surface area contributed by atoms with Crippen LogP contribution in [0.1, 0.15) is 6.42 Å². The summed E-state index contributed by atoms with van der Waals surface area (Å²) in [4.78, 5) is 24.3. The van der Waals surface area contributed by atoms with Crippen molar-refractivity contribution in [2.24, 2.45) is 0 Å². The van der Waals surface area contributed by atoms with Gasteiger partial charge in [0.25, 0.3) is 0 Å². The summed E-state index contributed by atoms with van der Waals surface area (Å²) in [7, 11) is 0. The maximum Gasteiger partial charge on any atom is 0.230 e. The van der Waals surface area contributed by atoms with Crippen LogP contribution in [0.25, 0.3) is 11.4 Å². The van der Waals surface area contributed by atoms with E-state index in [0.717, 1.165) is 50.8 Å². The van der Waals surface area contributed by atoms with E-state index < -0.39 is 12.3 Å². The van der Waals surface area contributed by atoms with Crippen molar-refractivity contribution in [1.82, 2.24) is 24.8 Å². The van der Waals surface area contributed by atoms with Crippen molar-refractivity contribution in [2.45, 2.75) is 24.7 Å². The van der Waals surface area contributed by atoms with Crippen molar-refractivity contribution in [3.63, 3.8) is 0 Å². The van der Waals surface area contributed by atoms with Gasteiger partial charge in [-0.05, 0) is 54.6 Å². The lowest BCUT2D eigenvalue weighted by Gasteiger charge is -2.43. The van der Waals surface area contributed by atoms with Gasteiger partial charge in [-0.1, -0.05) is 0 Å². The molecule has 0 radical (unpaired) electrons. The largest absolute Gasteiger partial charge is 0.485 e. The zero-order chi connectivity index (χ0) is 29.9. The summed E-state index contributed by atoms with van der Waals surface area (Å²) in [6.45, 7) is 6.77. The molecule has 12 heteroatoms. The second-order valence-electron chi connectivity index (χ2n) is 11.4. The molecule has 3 aliphatic heterocycles. The maximum absolute atomic E-state index is 15.1. The topological polar surface area (TPSA) is 118 Å². The molecule has 0 amide bonds. The fraction of sp³-hybridized carbons (Fsp3) is 0.375. The Kier molecular flexibility index (Phi) is 8.08. The van der Waals surface area contributed by atoms with Gasteiger partial charge in [0.15, 0.2) is 12.0 Å². The Morgan fingerprint density at radius 2 is 1.77 bits per heavy atom. The second-order valence-corrected chi connectivity index (χ2v) is 11.4. The van der Waals surface area contributed by atoms with E-state index in [1.807, 2.05) is 35.2 Å². The normalized spacial score (nSPS) is 21.1. The average molecular weight is 598 g/mol. The first-order valence-corrected chi connectivity index (χ1v) is 15.1. The van der Waals surface area contributed by atoms with Crippen molar-refractivity contribution >= 4 is 28.7 Å². The smallest absolute Gasteiger partial charge is 0.230 e. The lowest BCUT2D eigenvalue weighted by molar-refractivity contribution is -0.0660. The highest BCUT2D eigenvalue weighted by Gasteiger charge is 2.32. The Balaban J connectivity index is 0.954. The van der Waals surface area contributed by atoms with Crippen LogP contribution in [0.2, 0.25) is 0 Å². The fourth-order valence-electron chi connectivity index (χ4n) is 5.91. The Hall–Kier alpha value is -4.55. The third kappa shape index (κ3) is 6.22. The van der Waals surface area contributed by atoms with E-state index in [1.165, 1.54) is 12.0 Å². The zero-order valence-corrected chi connectivity index (χ0v) is 24.4. The molecule has 4 aromatic rings. The number of piperazine rings is 1. The van der Waals surface area contributed by atoms with Crippen molar-refractivity contribution in [3.8, 4) is 17.1 Å². The molecule has 7 rings (SSSR count). The number of nitrogen functional groups attached to an aromatic ring is 1. The number of nitrogens with zero attached hydrogens (tertiary/aromatic N) is 7. The fourth-order valence-corrected chi connectivity index (χ4v) is 5.91. The summed E-state index contributed by atoms with van der Waals surface area (Å²) in [5.41, 5.74) is 10.5. The van der Waals surface area contributed by atoms with Gasteiger partial charge in [-0.15, -0.1) is 0 Å². The van der Waals surface area contributed by atoms with Crippen LogP contribution in [0, 0.1) is 0 Å². The van der Waals surface area contributed by atoms with E-state index >= 15 is 4.39 Å². The number of benzene rings is 2. The second kappa shape index (κ2) is 12.6. The molecule has 0 saturated carbocycles. The van der Waals surface area contributed by atoms with Gasteiger partial charge in [0.2, 0.25) is 5.95 Å². The number of ether oxygens (including phenoxy) is 2. The van der Waals surface area contributed by atoms with Crippen molar-refractivity contribution in [1.29, 1.82) is 0 Å². The van der Waals surface area contributed by atoms with Crippen LogP contribution in [0.5, 0.6) is 5.75 Å². The molecule has 3 fully saturated rings. The molecule has 0 spiro atoms. The number of aromatic nitrogens is 4. The zero-order valence-electron chi connectivity index (χ0n) is 24.4. The third-order valence-electron chi connectivity index (χ3n) is 8.55. The molecule has 2 atom stereocenters. The highest BCUT2D eigenvalue weighted by molar-refractivity contribution is 5.67. The van der Waals surface area contributed by atoms with Crippen LogP contribution in [0.3, 0.4) is 0 Å². The number of hydrogen-bond donors (Lipinski definition) is 2. The van der Waals surface area contributed by atoms with Gasteiger partial charge in [0, 0.05) is 62.3 Å². The van der Waals surface area contributed by atoms with Crippen LogP contribution < -0.4 is 25.6 Å². The van der Waals surface area contributed by atoms with Gasteiger partial charge in [-0.25, -0.2) is 14.4 Å². The van der Waals surface area contributed by atoms with E-state index in [0.29, 0.717) is 47.8 Å². The number of nitrogens with two attached hydrogens (primary N) is 1. The minimum atomic E-state index is -1.16. The summed E-state index contributed by atoms with van der Waals surface area (Å²) < 4.78 is 26.5. The van der Waals surface area contributed by atoms with E-state index in [4.69, 9.17) is 15.2 Å². The summed E-state index contributed by atoms with van der Waals surface area (Å²) in [6, 6.07) is 18.0. The molecular formula is C32H36FN9O2. The number of pyridine rings is 1. The summed E-state index contributed by atoms with van der Waals surface area (Å²) in [6.07, 6.45) is 3.72. The summed E-state index contributed by atoms with van der Waals surface area (Å²) in [5.74, 6) is 1.35. The lowest BCUT2D eigenvalue weighted by atomic mass is 10.0. The SMILES string of the molecule is Nc1cc(-c2ncnc(Nc3ccc(N4CCN(C5COC5)CC4)cc3)n2)ccc1O[C@H]1CCN(c2cccnc2)C[C@H]1F. The quantitative estimate of drug-likeness (QED) is 0.289. The average Bonchev–Trinajstić information content (AvgIpc) is 3.03. The molecule has 3 aliphatic rings. The molecule has 2 aromatic heterocycles. The van der Waals surface area contributed by atoms with E-state index in [9.17, 15) is 0 Å². The van der Waals surface area contributed by atoms with Crippen LogP contribution in [0.4, 0.5) is 33.1 Å². The number of piperidine rings is 1. The van der Waals surface area contributed by atoms with Gasteiger partial charge >= 0.3 is 0 Å². The van der Waals surface area contributed by atoms with Crippen LogP contribution >= 0.6 is 0 Å². The van der Waals surface area contributed by atoms with Crippen molar-refractivity contribution < 1.29 is 13.9 Å². The van der Waals surface area contributed by atoms with E-state index in [1.54, 1.807) is 24.5 Å². The van der Waals surface area contributed by atoms with Gasteiger partial charge in [-0.3, -0.25) is 9.88 Å². The molecule has 0 unspecified atom stereocenters. The molecule has 11 nitrogen and oxygen atoms in total. The Morgan fingerprint density at radius 3 is 2.48 bits per heavy atom.